The third-order valence-electron chi connectivity index (χ3n) is 3.07. The fourth-order valence-corrected chi connectivity index (χ4v) is 2.20. The van der Waals surface area contributed by atoms with E-state index in [1.807, 2.05) is 6.20 Å². The van der Waals surface area contributed by atoms with Crippen molar-refractivity contribution in [1.29, 1.82) is 0 Å². The Bertz CT molecular complexity index is 611. The molecule has 0 saturated heterocycles. The number of carboxylic acids is 1. The Kier molecular flexibility index (Phi) is 3.03. The van der Waals surface area contributed by atoms with Gasteiger partial charge in [0.05, 0.1) is 6.04 Å². The van der Waals surface area contributed by atoms with Crippen molar-refractivity contribution in [2.75, 3.05) is 6.61 Å². The highest BCUT2D eigenvalue weighted by Crippen LogP contribution is 2.38. The van der Waals surface area contributed by atoms with Gasteiger partial charge >= 0.3 is 11.9 Å². The van der Waals surface area contributed by atoms with Crippen LogP contribution in [0.4, 0.5) is 0 Å². The maximum Gasteiger partial charge on any atom is 0.322 e. The molecule has 1 atom stereocenters. The van der Waals surface area contributed by atoms with Gasteiger partial charge in [0.25, 0.3) is 0 Å². The van der Waals surface area contributed by atoms with Crippen LogP contribution < -0.4 is 20.3 Å². The Morgan fingerprint density at radius 2 is 2.30 bits per heavy atom. The van der Waals surface area contributed by atoms with Crippen LogP contribution in [0.2, 0.25) is 0 Å². The lowest BCUT2D eigenvalue weighted by molar-refractivity contribution is -0.145. The van der Waals surface area contributed by atoms with Crippen LogP contribution in [0.25, 0.3) is 0 Å². The Hall–Kier alpha value is -2.54. The van der Waals surface area contributed by atoms with E-state index in [9.17, 15) is 9.59 Å². The normalized spacial score (nSPS) is 19.0. The van der Waals surface area contributed by atoms with E-state index < -0.39 is 18.4 Å². The summed E-state index contributed by atoms with van der Waals surface area (Å²) in [7, 11) is 0. The van der Waals surface area contributed by atoms with Gasteiger partial charge in [-0.15, -0.1) is 0 Å². The number of carbonyl (C=O) groups excluding carboxylic acids is 1. The zero-order valence-corrected chi connectivity index (χ0v) is 10.4. The molecule has 3 N–H and O–H groups in total. The Morgan fingerprint density at radius 3 is 3.10 bits per heavy atom. The molecule has 2 heterocycles. The van der Waals surface area contributed by atoms with Crippen LogP contribution in [0, 0.1) is 0 Å². The van der Waals surface area contributed by atoms with Crippen LogP contribution in [0.3, 0.4) is 0 Å². The van der Waals surface area contributed by atoms with E-state index in [1.165, 1.54) is 0 Å². The van der Waals surface area contributed by atoms with Gasteiger partial charge in [-0.05, 0) is 18.2 Å². The van der Waals surface area contributed by atoms with Crippen molar-refractivity contribution in [2.45, 2.75) is 12.5 Å². The first-order valence-corrected chi connectivity index (χ1v) is 6.02. The Morgan fingerprint density at radius 1 is 1.45 bits per heavy atom. The molecule has 1 aromatic rings. The number of hydrazine groups is 1. The van der Waals surface area contributed by atoms with Crippen LogP contribution in [0.5, 0.6) is 11.5 Å². The molecule has 2 aliphatic rings. The number of nitrogens with one attached hydrogen (secondary N) is 2. The molecule has 0 aliphatic carbocycles. The van der Waals surface area contributed by atoms with E-state index in [4.69, 9.17) is 14.6 Å². The summed E-state index contributed by atoms with van der Waals surface area (Å²) in [4.78, 5) is 21.8. The van der Waals surface area contributed by atoms with Gasteiger partial charge in [-0.2, -0.15) is 0 Å². The van der Waals surface area contributed by atoms with E-state index in [0.29, 0.717) is 18.1 Å². The van der Waals surface area contributed by atoms with Crippen LogP contribution in [-0.4, -0.2) is 23.7 Å². The van der Waals surface area contributed by atoms with Gasteiger partial charge in [0.1, 0.15) is 24.5 Å². The monoisotopic (exact) mass is 276 g/mol. The number of rotatable bonds is 3. The van der Waals surface area contributed by atoms with E-state index >= 15 is 0 Å². The molecule has 7 heteroatoms. The van der Waals surface area contributed by atoms with Crippen LogP contribution in [0.1, 0.15) is 18.0 Å². The van der Waals surface area contributed by atoms with Gasteiger partial charge in [0, 0.05) is 17.3 Å². The molecule has 0 bridgehead atoms. The summed E-state index contributed by atoms with van der Waals surface area (Å²) < 4.78 is 10.6. The van der Waals surface area contributed by atoms with Crippen molar-refractivity contribution in [1.82, 2.24) is 10.9 Å². The third kappa shape index (κ3) is 2.30. The topological polar surface area (TPSA) is 96.9 Å². The highest BCUT2D eigenvalue weighted by Gasteiger charge is 2.29. The van der Waals surface area contributed by atoms with E-state index in [1.54, 1.807) is 18.2 Å². The summed E-state index contributed by atoms with van der Waals surface area (Å²) in [5, 5.41) is 8.53. The third-order valence-corrected chi connectivity index (χ3v) is 3.07. The number of hydrogen-bond donors (Lipinski definition) is 3. The minimum absolute atomic E-state index is 0.0307. The van der Waals surface area contributed by atoms with E-state index in [2.05, 4.69) is 10.9 Å². The molecule has 1 unspecified atom stereocenters. The molecule has 2 aliphatic heterocycles. The largest absolute Gasteiger partial charge is 0.489 e. The van der Waals surface area contributed by atoms with Crippen LogP contribution >= 0.6 is 0 Å². The summed E-state index contributed by atoms with van der Waals surface area (Å²) in [5.74, 6) is -1.01. The fourth-order valence-electron chi connectivity index (χ4n) is 2.20. The van der Waals surface area contributed by atoms with Crippen molar-refractivity contribution in [3.8, 4) is 11.5 Å². The second kappa shape index (κ2) is 4.86. The van der Waals surface area contributed by atoms with Crippen LogP contribution in [-0.2, 0) is 9.59 Å². The number of carboxylic acid groups (broad SMARTS) is 1. The Balaban J connectivity index is 1.82. The molecule has 3 rings (SSSR count). The molecular weight excluding hydrogens is 264 g/mol. The number of aliphatic carboxylic acids is 1. The number of ether oxygens (including phenoxy) is 2. The maximum absolute atomic E-state index is 11.3. The van der Waals surface area contributed by atoms with Gasteiger partial charge in [-0.25, -0.2) is 5.43 Å². The lowest BCUT2D eigenvalue weighted by atomic mass is 9.98. The second-order valence-electron chi connectivity index (χ2n) is 4.47. The van der Waals surface area contributed by atoms with Gasteiger partial charge in [0.15, 0.2) is 0 Å². The average Bonchev–Trinajstić information content (AvgIpc) is 2.86. The highest BCUT2D eigenvalue weighted by molar-refractivity contribution is 5.91. The molecule has 7 nitrogen and oxygen atoms in total. The van der Waals surface area contributed by atoms with Crippen LogP contribution in [0.15, 0.2) is 30.0 Å². The lowest BCUT2D eigenvalue weighted by Crippen LogP contribution is -2.28. The predicted molar refractivity (Wildman–Crippen MR) is 66.9 cm³/mol. The fraction of sp³-hybridized carbons (Fsp3) is 0.231. The smallest absolute Gasteiger partial charge is 0.322 e. The van der Waals surface area contributed by atoms with E-state index in [0.717, 1.165) is 11.1 Å². The second-order valence-corrected chi connectivity index (χ2v) is 4.47. The van der Waals surface area contributed by atoms with E-state index in [-0.39, 0.29) is 6.04 Å². The standard InChI is InChI=1S/C13H12N2O5/c16-11(17)4-12(18)20-8-1-2-10-9(3-8)13-7(6-19-10)5-14-15-13/h1-3,5,13-15H,4,6H2,(H,16,17). The molecule has 20 heavy (non-hydrogen) atoms. The van der Waals surface area contributed by atoms with Gasteiger partial charge in [-0.1, -0.05) is 0 Å². The van der Waals surface area contributed by atoms with Gasteiger partial charge in [0.2, 0.25) is 0 Å². The molecule has 0 aromatic heterocycles. The number of hydrogen-bond acceptors (Lipinski definition) is 6. The first kappa shape index (κ1) is 12.5. The zero-order valence-electron chi connectivity index (χ0n) is 10.4. The highest BCUT2D eigenvalue weighted by atomic mass is 16.5. The molecule has 0 saturated carbocycles. The summed E-state index contributed by atoms with van der Waals surface area (Å²) >= 11 is 0. The first-order valence-electron chi connectivity index (χ1n) is 6.02. The quantitative estimate of drug-likeness (QED) is 0.420. The predicted octanol–water partition coefficient (Wildman–Crippen LogP) is 0.492. The molecule has 0 amide bonds. The average molecular weight is 276 g/mol. The Labute approximate surface area is 114 Å². The van der Waals surface area contributed by atoms with Gasteiger partial charge < -0.3 is 20.0 Å². The van der Waals surface area contributed by atoms with Crippen molar-refractivity contribution in [3.63, 3.8) is 0 Å². The molecule has 0 fully saturated rings. The number of fused-ring (bicyclic) bond motifs is 3. The van der Waals surface area contributed by atoms with Crippen molar-refractivity contribution in [2.24, 2.45) is 0 Å². The molecule has 1 aromatic carbocycles. The summed E-state index contributed by atoms with van der Waals surface area (Å²) in [6, 6.07) is 4.93. The zero-order chi connectivity index (χ0) is 14.1. The van der Waals surface area contributed by atoms with Crippen molar-refractivity contribution >= 4 is 11.9 Å². The summed E-state index contributed by atoms with van der Waals surface area (Å²) in [5.41, 5.74) is 7.87. The van der Waals surface area contributed by atoms with Crippen molar-refractivity contribution in [3.05, 3.63) is 35.5 Å². The maximum atomic E-state index is 11.3. The van der Waals surface area contributed by atoms with Crippen molar-refractivity contribution < 1.29 is 24.2 Å². The summed E-state index contributed by atoms with van der Waals surface area (Å²) in [6.07, 6.45) is 1.17. The number of carbonyl (C=O) groups is 2. The summed E-state index contributed by atoms with van der Waals surface area (Å²) in [6.45, 7) is 0.496. The minimum atomic E-state index is -1.22. The SMILES string of the molecule is O=C(O)CC(=O)Oc1ccc2c(c1)C1NNC=C1CO2. The number of esters is 1. The van der Waals surface area contributed by atoms with Gasteiger partial charge in [-0.3, -0.25) is 9.59 Å². The number of benzene rings is 1. The molecule has 104 valence electrons. The molecule has 0 spiro atoms. The minimum Gasteiger partial charge on any atom is -0.489 e. The lowest BCUT2D eigenvalue weighted by Gasteiger charge is -2.25. The molecular formula is C13H12N2O5. The first-order chi connectivity index (χ1) is 9.63. The molecule has 0 radical (unpaired) electrons.